The van der Waals surface area contributed by atoms with Gasteiger partial charge in [0.25, 0.3) is 5.91 Å². The molecule has 0 radical (unpaired) electrons. The third-order valence-corrected chi connectivity index (χ3v) is 5.49. The Hall–Kier alpha value is -2.77. The molecule has 6 nitrogen and oxygen atoms in total. The van der Waals surface area contributed by atoms with Crippen LogP contribution in [0.5, 0.6) is 0 Å². The standard InChI is InChI=1S/C20H18ClN5OS/c1-13(2)26-10-8-17(24-26)19(27)25(12-15-5-3-4-9-22-15)20-23-16-7-6-14(21)11-18(16)28-20/h3-11,13H,12H2,1-2H3. The summed E-state index contributed by atoms with van der Waals surface area (Å²) in [5.74, 6) is -0.213. The Balaban J connectivity index is 1.74. The predicted octanol–water partition coefficient (Wildman–Crippen LogP) is 4.97. The summed E-state index contributed by atoms with van der Waals surface area (Å²) in [6.07, 6.45) is 3.53. The minimum atomic E-state index is -0.213. The number of anilines is 1. The SMILES string of the molecule is CC(C)n1ccc(C(=O)N(Cc2ccccn2)c2nc3ccc(Cl)cc3s2)n1. The van der Waals surface area contributed by atoms with Crippen molar-refractivity contribution in [2.75, 3.05) is 4.90 Å². The Morgan fingerprint density at radius 1 is 1.25 bits per heavy atom. The molecule has 0 fully saturated rings. The highest BCUT2D eigenvalue weighted by atomic mass is 35.5. The lowest BCUT2D eigenvalue weighted by molar-refractivity contribution is 0.0979. The largest absolute Gasteiger partial charge is 0.280 e. The van der Waals surface area contributed by atoms with Gasteiger partial charge in [-0.3, -0.25) is 19.4 Å². The zero-order chi connectivity index (χ0) is 19.7. The van der Waals surface area contributed by atoms with Crippen LogP contribution < -0.4 is 4.90 Å². The van der Waals surface area contributed by atoms with Crippen molar-refractivity contribution in [3.63, 3.8) is 0 Å². The monoisotopic (exact) mass is 411 g/mol. The summed E-state index contributed by atoms with van der Waals surface area (Å²) in [7, 11) is 0. The van der Waals surface area contributed by atoms with Gasteiger partial charge < -0.3 is 0 Å². The summed E-state index contributed by atoms with van der Waals surface area (Å²) in [5, 5.41) is 5.66. The molecule has 3 aromatic heterocycles. The third kappa shape index (κ3) is 3.76. The van der Waals surface area contributed by atoms with Crippen LogP contribution in [-0.4, -0.2) is 25.7 Å². The van der Waals surface area contributed by atoms with Crippen molar-refractivity contribution >= 4 is 44.2 Å². The number of fused-ring (bicyclic) bond motifs is 1. The Morgan fingerprint density at radius 3 is 2.82 bits per heavy atom. The first kappa shape index (κ1) is 18.6. The van der Waals surface area contributed by atoms with E-state index in [0.29, 0.717) is 22.4 Å². The van der Waals surface area contributed by atoms with Gasteiger partial charge in [0.1, 0.15) is 0 Å². The molecular weight excluding hydrogens is 394 g/mol. The van der Waals surface area contributed by atoms with E-state index in [4.69, 9.17) is 11.6 Å². The number of amides is 1. The molecule has 142 valence electrons. The van der Waals surface area contributed by atoms with E-state index in [0.717, 1.165) is 15.9 Å². The quantitative estimate of drug-likeness (QED) is 0.465. The second kappa shape index (κ2) is 7.69. The fourth-order valence-electron chi connectivity index (χ4n) is 2.76. The summed E-state index contributed by atoms with van der Waals surface area (Å²) in [6, 6.07) is 13.0. The van der Waals surface area contributed by atoms with Gasteiger partial charge in [-0.1, -0.05) is 29.0 Å². The van der Waals surface area contributed by atoms with Crippen LogP contribution in [0.3, 0.4) is 0 Å². The summed E-state index contributed by atoms with van der Waals surface area (Å²) in [6.45, 7) is 4.34. The Bertz CT molecular complexity index is 1120. The first-order valence-corrected chi connectivity index (χ1v) is 10.0. The number of benzene rings is 1. The molecule has 28 heavy (non-hydrogen) atoms. The van der Waals surface area contributed by atoms with Crippen LogP contribution in [0.25, 0.3) is 10.2 Å². The van der Waals surface area contributed by atoms with Gasteiger partial charge in [-0.2, -0.15) is 5.10 Å². The van der Waals surface area contributed by atoms with Gasteiger partial charge in [-0.25, -0.2) is 4.98 Å². The normalized spacial score (nSPS) is 11.3. The van der Waals surface area contributed by atoms with Gasteiger partial charge in [0, 0.05) is 23.5 Å². The molecule has 0 saturated carbocycles. The van der Waals surface area contributed by atoms with E-state index in [2.05, 4.69) is 15.1 Å². The number of hydrogen-bond donors (Lipinski definition) is 0. The lowest BCUT2D eigenvalue weighted by Gasteiger charge is -2.18. The first-order valence-electron chi connectivity index (χ1n) is 8.84. The number of rotatable bonds is 5. The van der Waals surface area contributed by atoms with Crippen molar-refractivity contribution in [3.05, 3.63) is 71.3 Å². The van der Waals surface area contributed by atoms with E-state index in [1.165, 1.54) is 11.3 Å². The lowest BCUT2D eigenvalue weighted by Crippen LogP contribution is -2.31. The smallest absolute Gasteiger partial charge is 0.276 e. The molecule has 0 atom stereocenters. The van der Waals surface area contributed by atoms with Gasteiger partial charge in [0.05, 0.1) is 22.5 Å². The van der Waals surface area contributed by atoms with E-state index >= 15 is 0 Å². The molecule has 8 heteroatoms. The maximum absolute atomic E-state index is 13.3. The van der Waals surface area contributed by atoms with Crippen molar-refractivity contribution in [1.82, 2.24) is 19.7 Å². The van der Waals surface area contributed by atoms with E-state index < -0.39 is 0 Å². The second-order valence-corrected chi connectivity index (χ2v) is 8.04. The average molecular weight is 412 g/mol. The fourth-order valence-corrected chi connectivity index (χ4v) is 4.00. The maximum Gasteiger partial charge on any atom is 0.280 e. The zero-order valence-electron chi connectivity index (χ0n) is 15.4. The van der Waals surface area contributed by atoms with Crippen LogP contribution >= 0.6 is 22.9 Å². The number of pyridine rings is 1. The van der Waals surface area contributed by atoms with Crippen molar-refractivity contribution in [2.24, 2.45) is 0 Å². The topological polar surface area (TPSA) is 63.9 Å². The number of halogens is 1. The fraction of sp³-hybridized carbons (Fsp3) is 0.200. The van der Waals surface area contributed by atoms with Gasteiger partial charge >= 0.3 is 0 Å². The van der Waals surface area contributed by atoms with Crippen LogP contribution in [0.15, 0.2) is 54.9 Å². The highest BCUT2D eigenvalue weighted by Crippen LogP contribution is 2.32. The Labute approximate surface area is 171 Å². The van der Waals surface area contributed by atoms with Crippen LogP contribution in [-0.2, 0) is 6.54 Å². The molecule has 4 rings (SSSR count). The molecule has 0 saturated heterocycles. The van der Waals surface area contributed by atoms with E-state index in [9.17, 15) is 4.79 Å². The summed E-state index contributed by atoms with van der Waals surface area (Å²) >= 11 is 7.53. The van der Waals surface area contributed by atoms with E-state index in [1.54, 1.807) is 27.9 Å². The van der Waals surface area contributed by atoms with Crippen LogP contribution in [0, 0.1) is 0 Å². The van der Waals surface area contributed by atoms with Gasteiger partial charge in [-0.15, -0.1) is 0 Å². The molecule has 0 aliphatic rings. The number of carbonyl (C=O) groups excluding carboxylic acids is 1. The van der Waals surface area contributed by atoms with Crippen LogP contribution in [0.1, 0.15) is 36.1 Å². The molecule has 1 amide bonds. The van der Waals surface area contributed by atoms with E-state index in [-0.39, 0.29) is 11.9 Å². The Kier molecular flexibility index (Phi) is 5.11. The molecule has 1 aromatic carbocycles. The highest BCUT2D eigenvalue weighted by molar-refractivity contribution is 7.22. The van der Waals surface area contributed by atoms with Crippen molar-refractivity contribution in [2.45, 2.75) is 26.4 Å². The minimum absolute atomic E-state index is 0.176. The number of aromatic nitrogens is 4. The van der Waals surface area contributed by atoms with Gasteiger partial charge in [0.2, 0.25) is 0 Å². The van der Waals surface area contributed by atoms with Crippen molar-refractivity contribution < 1.29 is 4.79 Å². The highest BCUT2D eigenvalue weighted by Gasteiger charge is 2.24. The molecular formula is C20H18ClN5OS. The number of hydrogen-bond acceptors (Lipinski definition) is 5. The molecule has 0 spiro atoms. The van der Waals surface area contributed by atoms with Gasteiger partial charge in [0.15, 0.2) is 10.8 Å². The molecule has 0 aliphatic heterocycles. The number of nitrogens with zero attached hydrogens (tertiary/aromatic N) is 5. The number of carbonyl (C=O) groups is 1. The summed E-state index contributed by atoms with van der Waals surface area (Å²) in [4.78, 5) is 23.9. The number of thiazole rings is 1. The molecule has 4 aromatic rings. The lowest BCUT2D eigenvalue weighted by atomic mass is 10.3. The predicted molar refractivity (Wildman–Crippen MR) is 112 cm³/mol. The molecule has 3 heterocycles. The second-order valence-electron chi connectivity index (χ2n) is 6.60. The molecule has 0 aliphatic carbocycles. The minimum Gasteiger partial charge on any atom is -0.276 e. The molecule has 0 N–H and O–H groups in total. The van der Waals surface area contributed by atoms with E-state index in [1.807, 2.05) is 50.4 Å². The van der Waals surface area contributed by atoms with Crippen molar-refractivity contribution in [1.29, 1.82) is 0 Å². The Morgan fingerprint density at radius 2 is 2.11 bits per heavy atom. The third-order valence-electron chi connectivity index (χ3n) is 4.22. The van der Waals surface area contributed by atoms with Crippen LogP contribution in [0.4, 0.5) is 5.13 Å². The maximum atomic E-state index is 13.3. The van der Waals surface area contributed by atoms with Crippen LogP contribution in [0.2, 0.25) is 5.02 Å². The zero-order valence-corrected chi connectivity index (χ0v) is 17.0. The van der Waals surface area contributed by atoms with Gasteiger partial charge in [-0.05, 0) is 50.2 Å². The first-order chi connectivity index (χ1) is 13.5. The summed E-state index contributed by atoms with van der Waals surface area (Å²) in [5.41, 5.74) is 1.95. The molecule has 0 bridgehead atoms. The summed E-state index contributed by atoms with van der Waals surface area (Å²) < 4.78 is 2.69. The van der Waals surface area contributed by atoms with Crippen molar-refractivity contribution in [3.8, 4) is 0 Å². The molecule has 0 unspecified atom stereocenters. The average Bonchev–Trinajstić information content (AvgIpc) is 3.33.